The molecule has 4 heteroatoms. The van der Waals surface area contributed by atoms with E-state index >= 15 is 0 Å². The molecule has 0 aliphatic rings. The lowest BCUT2D eigenvalue weighted by molar-refractivity contribution is 1.21. The van der Waals surface area contributed by atoms with Gasteiger partial charge < -0.3 is 5.32 Å². The third-order valence-electron chi connectivity index (χ3n) is 4.33. The van der Waals surface area contributed by atoms with Gasteiger partial charge in [0.15, 0.2) is 0 Å². The van der Waals surface area contributed by atoms with E-state index in [9.17, 15) is 0 Å². The lowest BCUT2D eigenvalue weighted by Crippen LogP contribution is -1.98. The van der Waals surface area contributed by atoms with E-state index in [1.54, 1.807) is 0 Å². The molecule has 1 heterocycles. The number of para-hydroxylation sites is 1. The number of aromatic nitrogens is 2. The van der Waals surface area contributed by atoms with Gasteiger partial charge >= 0.3 is 0 Å². The number of benzene rings is 2. The van der Waals surface area contributed by atoms with Crippen LogP contribution in [-0.2, 0) is 0 Å². The van der Waals surface area contributed by atoms with E-state index < -0.39 is 0 Å². The van der Waals surface area contributed by atoms with Gasteiger partial charge in [-0.15, -0.1) is 5.73 Å². The van der Waals surface area contributed by atoms with Crippen molar-refractivity contribution in [1.29, 1.82) is 0 Å². The van der Waals surface area contributed by atoms with Crippen LogP contribution in [0, 0.1) is 13.8 Å². The number of fused-ring (bicyclic) bond motifs is 1. The average molecular weight is 364 g/mol. The molecule has 0 unspecified atom stereocenters. The van der Waals surface area contributed by atoms with Crippen LogP contribution in [0.5, 0.6) is 0 Å². The van der Waals surface area contributed by atoms with Crippen LogP contribution >= 0.6 is 11.6 Å². The third-order valence-corrected chi connectivity index (χ3v) is 4.50. The maximum atomic E-state index is 6.16. The van der Waals surface area contributed by atoms with Crippen LogP contribution in [0.2, 0.25) is 5.28 Å². The predicted octanol–water partition coefficient (Wildman–Crippen LogP) is 6.19. The molecule has 0 saturated heterocycles. The van der Waals surface area contributed by atoms with Crippen molar-refractivity contribution in [3.63, 3.8) is 0 Å². The second-order valence-electron chi connectivity index (χ2n) is 6.25. The molecular formula is C22H22ClN3. The fourth-order valence-corrected chi connectivity index (χ4v) is 3.46. The molecule has 0 aliphatic carbocycles. The van der Waals surface area contributed by atoms with Gasteiger partial charge in [0, 0.05) is 18.0 Å². The van der Waals surface area contributed by atoms with E-state index in [0.717, 1.165) is 34.3 Å². The van der Waals surface area contributed by atoms with Gasteiger partial charge in [0.25, 0.3) is 0 Å². The molecule has 2 aromatic carbocycles. The van der Waals surface area contributed by atoms with Crippen LogP contribution in [0.4, 0.5) is 5.82 Å². The van der Waals surface area contributed by atoms with E-state index in [0.29, 0.717) is 0 Å². The number of rotatable bonds is 4. The minimum atomic E-state index is 0.244. The zero-order chi connectivity index (χ0) is 18.7. The van der Waals surface area contributed by atoms with E-state index in [1.165, 1.54) is 16.7 Å². The minimum absolute atomic E-state index is 0.244. The summed E-state index contributed by atoms with van der Waals surface area (Å²) in [6.45, 7) is 6.36. The Bertz CT molecular complexity index is 1010. The molecule has 0 spiro atoms. The van der Waals surface area contributed by atoms with Gasteiger partial charge in [0.05, 0.1) is 5.52 Å². The summed E-state index contributed by atoms with van der Waals surface area (Å²) in [5.41, 5.74) is 9.88. The Balaban J connectivity index is 2.24. The molecule has 1 aromatic heterocycles. The van der Waals surface area contributed by atoms with Gasteiger partial charge in [-0.3, -0.25) is 0 Å². The fraction of sp³-hybridized carbons (Fsp3) is 0.227. The first kappa shape index (κ1) is 18.2. The van der Waals surface area contributed by atoms with Crippen LogP contribution in [0.15, 0.2) is 42.1 Å². The van der Waals surface area contributed by atoms with E-state index in [4.69, 9.17) is 11.6 Å². The smallest absolute Gasteiger partial charge is 0.224 e. The molecule has 0 atom stereocenters. The molecule has 3 rings (SSSR count). The van der Waals surface area contributed by atoms with Crippen LogP contribution in [-0.4, -0.2) is 17.0 Å². The topological polar surface area (TPSA) is 37.8 Å². The quantitative estimate of drug-likeness (QED) is 0.443. The molecular weight excluding hydrogens is 342 g/mol. The van der Waals surface area contributed by atoms with Crippen molar-refractivity contribution in [3.8, 4) is 11.1 Å². The summed E-state index contributed by atoms with van der Waals surface area (Å²) in [4.78, 5) is 8.80. The second-order valence-corrected chi connectivity index (χ2v) is 6.58. The standard InChI is InChI=1S/C22H22ClN3/c1-5-6-7-9-16-12-14(2)19(15(3)13-16)17-10-8-11-18-20(17)25-22(23)26-21(18)24-4/h6,8-13H,5H2,1-4H3,(H,24,25,26). The highest BCUT2D eigenvalue weighted by molar-refractivity contribution is 6.29. The van der Waals surface area contributed by atoms with Crippen molar-refractivity contribution < 1.29 is 0 Å². The Morgan fingerprint density at radius 1 is 1.15 bits per heavy atom. The Labute approximate surface area is 159 Å². The van der Waals surface area contributed by atoms with Crippen molar-refractivity contribution in [2.24, 2.45) is 0 Å². The number of allylic oxidation sites excluding steroid dienone is 1. The van der Waals surface area contributed by atoms with Crippen molar-refractivity contribution in [1.82, 2.24) is 9.97 Å². The summed E-state index contributed by atoms with van der Waals surface area (Å²) >= 11 is 6.16. The summed E-state index contributed by atoms with van der Waals surface area (Å²) in [6.07, 6.45) is 5.03. The van der Waals surface area contributed by atoms with Crippen molar-refractivity contribution in [2.75, 3.05) is 12.4 Å². The van der Waals surface area contributed by atoms with Gasteiger partial charge in [-0.2, -0.15) is 0 Å². The Hall–Kier alpha value is -2.61. The first-order valence-corrected chi connectivity index (χ1v) is 9.09. The molecule has 3 aromatic rings. The van der Waals surface area contributed by atoms with Crippen LogP contribution in [0.25, 0.3) is 28.1 Å². The summed E-state index contributed by atoms with van der Waals surface area (Å²) in [5.74, 6) is 0.737. The highest BCUT2D eigenvalue weighted by Crippen LogP contribution is 2.35. The molecule has 0 amide bonds. The maximum Gasteiger partial charge on any atom is 0.224 e. The van der Waals surface area contributed by atoms with Gasteiger partial charge in [0.2, 0.25) is 5.28 Å². The van der Waals surface area contributed by atoms with Crippen molar-refractivity contribution in [3.05, 3.63) is 64.1 Å². The highest BCUT2D eigenvalue weighted by atomic mass is 35.5. The minimum Gasteiger partial charge on any atom is -0.372 e. The van der Waals surface area contributed by atoms with Crippen molar-refractivity contribution in [2.45, 2.75) is 27.2 Å². The van der Waals surface area contributed by atoms with Crippen LogP contribution < -0.4 is 5.32 Å². The monoisotopic (exact) mass is 363 g/mol. The maximum absolute atomic E-state index is 6.16. The Morgan fingerprint density at radius 2 is 1.88 bits per heavy atom. The second kappa shape index (κ2) is 7.74. The summed E-state index contributed by atoms with van der Waals surface area (Å²) < 4.78 is 0. The Morgan fingerprint density at radius 3 is 2.54 bits per heavy atom. The number of nitrogens with zero attached hydrogens (tertiary/aromatic N) is 2. The summed E-state index contributed by atoms with van der Waals surface area (Å²) in [5, 5.41) is 4.31. The Kier molecular flexibility index (Phi) is 5.41. The summed E-state index contributed by atoms with van der Waals surface area (Å²) in [6, 6.07) is 10.5. The average Bonchev–Trinajstić information content (AvgIpc) is 2.61. The van der Waals surface area contributed by atoms with E-state index in [1.807, 2.05) is 31.3 Å². The SMILES string of the molecule is CCC=C=Cc1cc(C)c(-c2cccc3c(NC)nc(Cl)nc23)c(C)c1. The summed E-state index contributed by atoms with van der Waals surface area (Å²) in [7, 11) is 1.84. The first-order valence-electron chi connectivity index (χ1n) is 8.71. The van der Waals surface area contributed by atoms with Gasteiger partial charge in [-0.05, 0) is 72.3 Å². The van der Waals surface area contributed by atoms with Crippen LogP contribution in [0.1, 0.15) is 30.0 Å². The van der Waals surface area contributed by atoms with Gasteiger partial charge in [-0.25, -0.2) is 9.97 Å². The molecule has 0 aliphatic heterocycles. The number of aryl methyl sites for hydroxylation is 2. The fourth-order valence-electron chi connectivity index (χ4n) is 3.30. The number of nitrogens with one attached hydrogen (secondary N) is 1. The molecule has 0 saturated carbocycles. The van der Waals surface area contributed by atoms with Crippen LogP contribution in [0.3, 0.4) is 0 Å². The normalized spacial score (nSPS) is 10.5. The lowest BCUT2D eigenvalue weighted by atomic mass is 9.92. The zero-order valence-corrected chi connectivity index (χ0v) is 16.3. The third kappa shape index (κ3) is 3.50. The zero-order valence-electron chi connectivity index (χ0n) is 15.5. The largest absolute Gasteiger partial charge is 0.372 e. The molecule has 0 fully saturated rings. The number of halogens is 1. The lowest BCUT2D eigenvalue weighted by Gasteiger charge is -2.15. The predicted molar refractivity (Wildman–Crippen MR) is 112 cm³/mol. The van der Waals surface area contributed by atoms with Gasteiger partial charge in [0.1, 0.15) is 5.82 Å². The highest BCUT2D eigenvalue weighted by Gasteiger charge is 2.14. The van der Waals surface area contributed by atoms with E-state index in [2.05, 4.69) is 60.0 Å². The number of hydrogen-bond acceptors (Lipinski definition) is 3. The van der Waals surface area contributed by atoms with Crippen molar-refractivity contribution >= 4 is 34.4 Å². The number of anilines is 1. The number of hydrogen-bond donors (Lipinski definition) is 1. The molecule has 1 N–H and O–H groups in total. The molecule has 0 radical (unpaired) electrons. The van der Waals surface area contributed by atoms with Gasteiger partial charge in [-0.1, -0.05) is 31.2 Å². The van der Waals surface area contributed by atoms with E-state index in [-0.39, 0.29) is 5.28 Å². The molecule has 132 valence electrons. The molecule has 26 heavy (non-hydrogen) atoms. The molecule has 3 nitrogen and oxygen atoms in total. The molecule has 0 bridgehead atoms. The first-order chi connectivity index (χ1) is 12.5.